The van der Waals surface area contributed by atoms with Gasteiger partial charge in [0.25, 0.3) is 0 Å². The van der Waals surface area contributed by atoms with Crippen molar-refractivity contribution in [1.29, 1.82) is 0 Å². The number of halogens is 4. The van der Waals surface area contributed by atoms with Gasteiger partial charge >= 0.3 is 11.9 Å². The van der Waals surface area contributed by atoms with Crippen LogP contribution < -0.4 is 4.74 Å². The zero-order chi connectivity index (χ0) is 13.9. The monoisotopic (exact) mass is 392 g/mol. The van der Waals surface area contributed by atoms with E-state index in [2.05, 4.69) is 20.7 Å². The Balaban J connectivity index is 3.05. The quantitative estimate of drug-likeness (QED) is 0.572. The highest BCUT2D eigenvalue weighted by molar-refractivity contribution is 9.10. The van der Waals surface area contributed by atoms with Crippen LogP contribution in [0.25, 0.3) is 0 Å². The van der Waals surface area contributed by atoms with E-state index in [4.69, 9.17) is 39.5 Å². The molecule has 0 aliphatic heterocycles. The average molecular weight is 394 g/mol. The summed E-state index contributed by atoms with van der Waals surface area (Å²) in [6.07, 6.45) is 0. The predicted molar refractivity (Wildman–Crippen MR) is 73.6 cm³/mol. The van der Waals surface area contributed by atoms with Crippen LogP contribution >= 0.6 is 62.1 Å². The molecule has 0 amide bonds. The molecular weight excluding hydrogens is 390 g/mol. The van der Waals surface area contributed by atoms with Crippen molar-refractivity contribution in [3.8, 4) is 5.75 Å². The maximum Gasteiger partial charge on any atom is 0.357 e. The molecule has 0 aliphatic rings. The van der Waals surface area contributed by atoms with E-state index >= 15 is 0 Å². The standard InChI is InChI=1S/C9H4BrCl3O4S/c1-16-9(15)6-5(3(10)2-18-6)17-8(14)4(11)7(12)13/h2H,1H3. The number of carbonyl (C=O) groups is 2. The molecule has 4 nitrogen and oxygen atoms in total. The van der Waals surface area contributed by atoms with Crippen LogP contribution in [0.4, 0.5) is 0 Å². The highest BCUT2D eigenvalue weighted by atomic mass is 79.9. The highest BCUT2D eigenvalue weighted by Gasteiger charge is 2.23. The Hall–Kier alpha value is -0.270. The topological polar surface area (TPSA) is 52.6 Å². The van der Waals surface area contributed by atoms with Crippen LogP contribution in [-0.2, 0) is 9.53 Å². The van der Waals surface area contributed by atoms with E-state index in [0.717, 1.165) is 11.3 Å². The van der Waals surface area contributed by atoms with Crippen molar-refractivity contribution in [2.45, 2.75) is 0 Å². The van der Waals surface area contributed by atoms with Gasteiger partial charge in [-0.15, -0.1) is 11.3 Å². The molecule has 0 aromatic carbocycles. The van der Waals surface area contributed by atoms with Crippen LogP contribution in [0.1, 0.15) is 9.67 Å². The largest absolute Gasteiger partial charge is 0.465 e. The molecule has 9 heteroatoms. The molecular formula is C9H4BrCl3O4S. The van der Waals surface area contributed by atoms with Gasteiger partial charge in [-0.25, -0.2) is 9.59 Å². The first kappa shape index (κ1) is 15.8. The van der Waals surface area contributed by atoms with Crippen molar-refractivity contribution >= 4 is 74.0 Å². The van der Waals surface area contributed by atoms with Crippen molar-refractivity contribution < 1.29 is 19.1 Å². The summed E-state index contributed by atoms with van der Waals surface area (Å²) in [5, 5.41) is 1.08. The highest BCUT2D eigenvalue weighted by Crippen LogP contribution is 2.36. The third-order valence-corrected chi connectivity index (χ3v) is 4.36. The number of hydrogen-bond donors (Lipinski definition) is 0. The van der Waals surface area contributed by atoms with Crippen LogP contribution in [0.15, 0.2) is 19.4 Å². The molecule has 0 aliphatic carbocycles. The van der Waals surface area contributed by atoms with Gasteiger partial charge in [0.2, 0.25) is 0 Å². The molecule has 0 atom stereocenters. The lowest BCUT2D eigenvalue weighted by Crippen LogP contribution is -2.11. The fraction of sp³-hybridized carbons (Fsp3) is 0.111. The number of methoxy groups -OCH3 is 1. The van der Waals surface area contributed by atoms with E-state index in [0.29, 0.717) is 4.47 Å². The molecule has 18 heavy (non-hydrogen) atoms. The maximum absolute atomic E-state index is 11.5. The molecule has 0 radical (unpaired) electrons. The Morgan fingerprint density at radius 2 is 1.94 bits per heavy atom. The molecule has 0 saturated carbocycles. The van der Waals surface area contributed by atoms with Crippen LogP contribution in [-0.4, -0.2) is 19.0 Å². The second-order valence-corrected chi connectivity index (χ2v) is 5.76. The lowest BCUT2D eigenvalue weighted by atomic mass is 10.4. The summed E-state index contributed by atoms with van der Waals surface area (Å²) in [5.41, 5.74) is 0. The van der Waals surface area contributed by atoms with Crippen LogP contribution in [0.5, 0.6) is 5.75 Å². The normalized spacial score (nSPS) is 9.83. The SMILES string of the molecule is COC(=O)c1scc(Br)c1OC(=O)C(Cl)=C(Cl)Cl. The number of hydrogen-bond acceptors (Lipinski definition) is 5. The summed E-state index contributed by atoms with van der Waals surface area (Å²) in [7, 11) is 1.21. The van der Waals surface area contributed by atoms with Gasteiger partial charge in [-0.1, -0.05) is 34.8 Å². The molecule has 98 valence electrons. The predicted octanol–water partition coefficient (Wildman–Crippen LogP) is 4.09. The van der Waals surface area contributed by atoms with E-state index in [9.17, 15) is 9.59 Å². The molecule has 1 aromatic heterocycles. The minimum atomic E-state index is -0.971. The third-order valence-electron chi connectivity index (χ3n) is 1.61. The first-order chi connectivity index (χ1) is 8.38. The zero-order valence-electron chi connectivity index (χ0n) is 8.63. The first-order valence-corrected chi connectivity index (χ1v) is 6.97. The third kappa shape index (κ3) is 3.61. The van der Waals surface area contributed by atoms with E-state index in [1.807, 2.05) is 0 Å². The summed E-state index contributed by atoms with van der Waals surface area (Å²) < 4.78 is 9.46. The second kappa shape index (κ2) is 6.77. The second-order valence-electron chi connectivity index (χ2n) is 2.70. The average Bonchev–Trinajstić information content (AvgIpc) is 2.69. The number of carbonyl (C=O) groups excluding carboxylic acids is 2. The molecule has 1 rings (SSSR count). The van der Waals surface area contributed by atoms with Crippen molar-refractivity contribution in [3.05, 3.63) is 24.3 Å². The van der Waals surface area contributed by atoms with Gasteiger partial charge in [-0.2, -0.15) is 0 Å². The van der Waals surface area contributed by atoms with Crippen molar-refractivity contribution in [3.63, 3.8) is 0 Å². The van der Waals surface area contributed by atoms with Crippen LogP contribution in [0.2, 0.25) is 0 Å². The molecule has 1 heterocycles. The van der Waals surface area contributed by atoms with Gasteiger partial charge in [-0.3, -0.25) is 0 Å². The Morgan fingerprint density at radius 1 is 1.33 bits per heavy atom. The summed E-state index contributed by atoms with van der Waals surface area (Å²) in [4.78, 5) is 23.0. The van der Waals surface area contributed by atoms with E-state index in [1.165, 1.54) is 7.11 Å². The molecule has 0 fully saturated rings. The lowest BCUT2D eigenvalue weighted by Gasteiger charge is -2.04. The van der Waals surface area contributed by atoms with Gasteiger partial charge in [-0.05, 0) is 15.9 Å². The molecule has 1 aromatic rings. The van der Waals surface area contributed by atoms with E-state index in [1.54, 1.807) is 5.38 Å². The zero-order valence-corrected chi connectivity index (χ0v) is 13.3. The van der Waals surface area contributed by atoms with Gasteiger partial charge in [0.15, 0.2) is 15.7 Å². The fourth-order valence-corrected chi connectivity index (χ4v) is 2.52. The van der Waals surface area contributed by atoms with E-state index in [-0.39, 0.29) is 10.6 Å². The Kier molecular flexibility index (Phi) is 5.94. The minimum Gasteiger partial charge on any atom is -0.465 e. The van der Waals surface area contributed by atoms with Crippen LogP contribution in [0.3, 0.4) is 0 Å². The number of esters is 2. The van der Waals surface area contributed by atoms with Crippen molar-refractivity contribution in [2.75, 3.05) is 7.11 Å². The summed E-state index contributed by atoms with van der Waals surface area (Å²) in [6, 6.07) is 0. The van der Waals surface area contributed by atoms with Crippen molar-refractivity contribution in [1.82, 2.24) is 0 Å². The van der Waals surface area contributed by atoms with E-state index < -0.39 is 21.5 Å². The van der Waals surface area contributed by atoms with Gasteiger partial charge in [0, 0.05) is 5.38 Å². The summed E-state index contributed by atoms with van der Waals surface area (Å²) >= 11 is 20.4. The summed E-state index contributed by atoms with van der Waals surface area (Å²) in [5.74, 6) is -1.60. The number of thiophene rings is 1. The van der Waals surface area contributed by atoms with Gasteiger partial charge in [0.05, 0.1) is 11.6 Å². The Bertz CT molecular complexity index is 522. The Morgan fingerprint density at radius 3 is 2.44 bits per heavy atom. The minimum absolute atomic E-state index is 0.00424. The smallest absolute Gasteiger partial charge is 0.357 e. The van der Waals surface area contributed by atoms with Gasteiger partial charge < -0.3 is 9.47 Å². The number of ether oxygens (including phenoxy) is 2. The van der Waals surface area contributed by atoms with Crippen molar-refractivity contribution in [2.24, 2.45) is 0 Å². The molecule has 0 spiro atoms. The Labute approximate surface area is 130 Å². The molecule has 0 N–H and O–H groups in total. The maximum atomic E-state index is 11.5. The fourth-order valence-electron chi connectivity index (χ4n) is 0.869. The molecule has 0 bridgehead atoms. The molecule has 0 saturated heterocycles. The van der Waals surface area contributed by atoms with Crippen LogP contribution in [0, 0.1) is 0 Å². The lowest BCUT2D eigenvalue weighted by molar-refractivity contribution is -0.129. The van der Waals surface area contributed by atoms with Gasteiger partial charge in [0.1, 0.15) is 4.49 Å². The molecule has 0 unspecified atom stereocenters. The number of rotatable bonds is 3. The first-order valence-electron chi connectivity index (χ1n) is 4.16. The summed E-state index contributed by atoms with van der Waals surface area (Å²) in [6.45, 7) is 0.